The van der Waals surface area contributed by atoms with Gasteiger partial charge in [-0.1, -0.05) is 6.07 Å². The predicted octanol–water partition coefficient (Wildman–Crippen LogP) is 0.533. The number of para-hydroxylation sites is 1. The van der Waals surface area contributed by atoms with Crippen molar-refractivity contribution >= 4 is 22.9 Å². The molecule has 1 amide bonds. The van der Waals surface area contributed by atoms with E-state index in [4.69, 9.17) is 0 Å². The summed E-state index contributed by atoms with van der Waals surface area (Å²) in [5, 5.41) is 2.46. The van der Waals surface area contributed by atoms with E-state index < -0.39 is 5.97 Å². The van der Waals surface area contributed by atoms with E-state index in [0.717, 1.165) is 0 Å². The molecule has 0 saturated heterocycles. The molecule has 1 aromatic carbocycles. The van der Waals surface area contributed by atoms with Crippen molar-refractivity contribution in [3.8, 4) is 0 Å². The number of nitrogens with one attached hydrogen (secondary N) is 1. The average Bonchev–Trinajstić information content (AvgIpc) is 2.43. The lowest BCUT2D eigenvalue weighted by atomic mass is 10.1. The summed E-state index contributed by atoms with van der Waals surface area (Å²) in [5.41, 5.74) is 1.51. The Bertz CT molecular complexity index is 593. The van der Waals surface area contributed by atoms with Gasteiger partial charge in [0.15, 0.2) is 0 Å². The van der Waals surface area contributed by atoms with Crippen LogP contribution in [0.4, 0.5) is 0 Å². The van der Waals surface area contributed by atoms with E-state index >= 15 is 0 Å². The Balaban J connectivity index is 2.25. The highest BCUT2D eigenvalue weighted by atomic mass is 16.5. The molecular formula is C12H11N3O3. The molecule has 0 aliphatic rings. The molecule has 18 heavy (non-hydrogen) atoms. The molecule has 0 saturated carbocycles. The molecule has 0 spiro atoms. The fourth-order valence-electron chi connectivity index (χ4n) is 1.50. The molecule has 2 rings (SSSR count). The number of fused-ring (bicyclic) bond motifs is 1. The van der Waals surface area contributed by atoms with Gasteiger partial charge in [-0.05, 0) is 12.1 Å². The van der Waals surface area contributed by atoms with Gasteiger partial charge in [0.25, 0.3) is 5.91 Å². The second kappa shape index (κ2) is 5.22. The maximum absolute atomic E-state index is 11.9. The topological polar surface area (TPSA) is 81.2 Å². The van der Waals surface area contributed by atoms with Crippen LogP contribution >= 0.6 is 0 Å². The number of aromatic nitrogens is 2. The summed E-state index contributed by atoms with van der Waals surface area (Å²) in [6.45, 7) is -0.175. The Labute approximate surface area is 103 Å². The lowest BCUT2D eigenvalue weighted by Crippen LogP contribution is -2.30. The number of ether oxygens (including phenoxy) is 1. The van der Waals surface area contributed by atoms with Gasteiger partial charge in [-0.15, -0.1) is 0 Å². The standard InChI is InChI=1S/C12H11N3O3/c1-18-10(16)7-15-12(17)8-3-2-4-9-11(8)14-6-5-13-9/h2-6H,7H2,1H3,(H,15,17). The number of nitrogens with zero attached hydrogens (tertiary/aromatic N) is 2. The normalized spacial score (nSPS) is 10.1. The zero-order chi connectivity index (χ0) is 13.0. The third kappa shape index (κ3) is 2.42. The van der Waals surface area contributed by atoms with Gasteiger partial charge in [0, 0.05) is 12.4 Å². The van der Waals surface area contributed by atoms with E-state index in [-0.39, 0.29) is 12.5 Å². The molecule has 6 nitrogen and oxygen atoms in total. The van der Waals surface area contributed by atoms with Gasteiger partial charge in [-0.3, -0.25) is 19.6 Å². The van der Waals surface area contributed by atoms with E-state index in [1.807, 2.05) is 0 Å². The minimum Gasteiger partial charge on any atom is -0.468 e. The first kappa shape index (κ1) is 12.0. The lowest BCUT2D eigenvalue weighted by Gasteiger charge is -2.05. The SMILES string of the molecule is COC(=O)CNC(=O)c1cccc2nccnc12. The molecule has 2 aromatic rings. The molecule has 0 radical (unpaired) electrons. The number of hydrogen-bond donors (Lipinski definition) is 1. The summed E-state index contributed by atoms with van der Waals surface area (Å²) >= 11 is 0. The van der Waals surface area contributed by atoms with Gasteiger partial charge < -0.3 is 10.1 Å². The number of benzene rings is 1. The molecule has 0 unspecified atom stereocenters. The molecule has 1 heterocycles. The molecule has 0 bridgehead atoms. The van der Waals surface area contributed by atoms with Gasteiger partial charge in [0.05, 0.1) is 18.2 Å². The minimum absolute atomic E-state index is 0.175. The fourth-order valence-corrected chi connectivity index (χ4v) is 1.50. The van der Waals surface area contributed by atoms with Gasteiger partial charge in [-0.25, -0.2) is 0 Å². The number of carbonyl (C=O) groups is 2. The van der Waals surface area contributed by atoms with Crippen LogP contribution in [0.2, 0.25) is 0 Å². The number of hydrogen-bond acceptors (Lipinski definition) is 5. The Morgan fingerprint density at radius 2 is 2.06 bits per heavy atom. The molecule has 92 valence electrons. The second-order valence-corrected chi connectivity index (χ2v) is 3.49. The van der Waals surface area contributed by atoms with Crippen LogP contribution in [0.1, 0.15) is 10.4 Å². The van der Waals surface area contributed by atoms with Crippen molar-refractivity contribution in [3.63, 3.8) is 0 Å². The lowest BCUT2D eigenvalue weighted by molar-refractivity contribution is -0.139. The van der Waals surface area contributed by atoms with Crippen LogP contribution in [-0.4, -0.2) is 35.5 Å². The van der Waals surface area contributed by atoms with Crippen LogP contribution in [0.3, 0.4) is 0 Å². The summed E-state index contributed by atoms with van der Waals surface area (Å²) in [7, 11) is 1.26. The van der Waals surface area contributed by atoms with E-state index in [1.54, 1.807) is 24.4 Å². The fraction of sp³-hybridized carbons (Fsp3) is 0.167. The number of rotatable bonds is 3. The summed E-state index contributed by atoms with van der Waals surface area (Å²) in [5.74, 6) is -0.888. The molecule has 1 N–H and O–H groups in total. The highest BCUT2D eigenvalue weighted by Crippen LogP contribution is 2.13. The molecule has 0 aliphatic carbocycles. The third-order valence-corrected chi connectivity index (χ3v) is 2.36. The van der Waals surface area contributed by atoms with Crippen molar-refractivity contribution in [2.24, 2.45) is 0 Å². The van der Waals surface area contributed by atoms with Gasteiger partial charge in [0.1, 0.15) is 12.1 Å². The zero-order valence-corrected chi connectivity index (χ0v) is 9.71. The van der Waals surface area contributed by atoms with Crippen molar-refractivity contribution in [2.75, 3.05) is 13.7 Å². The number of amides is 1. The van der Waals surface area contributed by atoms with Gasteiger partial charge in [0.2, 0.25) is 0 Å². The number of carbonyl (C=O) groups excluding carboxylic acids is 2. The van der Waals surface area contributed by atoms with Crippen molar-refractivity contribution in [3.05, 3.63) is 36.2 Å². The van der Waals surface area contributed by atoms with E-state index in [0.29, 0.717) is 16.6 Å². The number of esters is 1. The molecule has 1 aromatic heterocycles. The highest BCUT2D eigenvalue weighted by molar-refractivity contribution is 6.05. The van der Waals surface area contributed by atoms with Crippen LogP contribution in [-0.2, 0) is 9.53 Å². The van der Waals surface area contributed by atoms with Crippen molar-refractivity contribution in [1.82, 2.24) is 15.3 Å². The molecule has 0 fully saturated rings. The summed E-state index contributed by atoms with van der Waals surface area (Å²) in [6.07, 6.45) is 3.07. The van der Waals surface area contributed by atoms with E-state index in [2.05, 4.69) is 20.0 Å². The Kier molecular flexibility index (Phi) is 3.47. The van der Waals surface area contributed by atoms with Gasteiger partial charge in [-0.2, -0.15) is 0 Å². The monoisotopic (exact) mass is 245 g/mol. The second-order valence-electron chi connectivity index (χ2n) is 3.49. The average molecular weight is 245 g/mol. The first-order chi connectivity index (χ1) is 8.72. The summed E-state index contributed by atoms with van der Waals surface area (Å²) in [4.78, 5) is 31.1. The highest BCUT2D eigenvalue weighted by Gasteiger charge is 2.12. The zero-order valence-electron chi connectivity index (χ0n) is 9.71. The molecular weight excluding hydrogens is 234 g/mol. The summed E-state index contributed by atoms with van der Waals surface area (Å²) < 4.78 is 4.44. The quantitative estimate of drug-likeness (QED) is 0.798. The van der Waals surface area contributed by atoms with Crippen LogP contribution in [0.25, 0.3) is 11.0 Å². The molecule has 0 atom stereocenters. The first-order valence-electron chi connectivity index (χ1n) is 5.27. The Morgan fingerprint density at radius 3 is 2.83 bits per heavy atom. The Morgan fingerprint density at radius 1 is 1.28 bits per heavy atom. The maximum Gasteiger partial charge on any atom is 0.325 e. The van der Waals surface area contributed by atoms with Crippen molar-refractivity contribution in [1.29, 1.82) is 0 Å². The van der Waals surface area contributed by atoms with Gasteiger partial charge >= 0.3 is 5.97 Å². The number of methoxy groups -OCH3 is 1. The minimum atomic E-state index is -0.505. The van der Waals surface area contributed by atoms with E-state index in [9.17, 15) is 9.59 Å². The van der Waals surface area contributed by atoms with Crippen molar-refractivity contribution in [2.45, 2.75) is 0 Å². The van der Waals surface area contributed by atoms with Crippen molar-refractivity contribution < 1.29 is 14.3 Å². The van der Waals surface area contributed by atoms with Crippen LogP contribution in [0.5, 0.6) is 0 Å². The van der Waals surface area contributed by atoms with Crippen LogP contribution < -0.4 is 5.32 Å². The van der Waals surface area contributed by atoms with E-state index in [1.165, 1.54) is 13.3 Å². The smallest absolute Gasteiger partial charge is 0.325 e. The van der Waals surface area contributed by atoms with Crippen LogP contribution in [0, 0.1) is 0 Å². The third-order valence-electron chi connectivity index (χ3n) is 2.36. The summed E-state index contributed by atoms with van der Waals surface area (Å²) in [6, 6.07) is 5.10. The molecule has 0 aliphatic heterocycles. The van der Waals surface area contributed by atoms with Crippen LogP contribution in [0.15, 0.2) is 30.6 Å². The largest absolute Gasteiger partial charge is 0.468 e. The Hall–Kier alpha value is -2.50. The molecule has 6 heteroatoms. The maximum atomic E-state index is 11.9. The predicted molar refractivity (Wildman–Crippen MR) is 63.9 cm³/mol. The first-order valence-corrected chi connectivity index (χ1v) is 5.27.